The van der Waals surface area contributed by atoms with Gasteiger partial charge >= 0.3 is 0 Å². The van der Waals surface area contributed by atoms with E-state index in [1.165, 1.54) is 11.3 Å². The Hall–Kier alpha value is -2.03. The van der Waals surface area contributed by atoms with Crippen LogP contribution in [0.25, 0.3) is 10.6 Å². The summed E-state index contributed by atoms with van der Waals surface area (Å²) in [5, 5.41) is 11.4. The molecule has 0 atom stereocenters. The van der Waals surface area contributed by atoms with Crippen molar-refractivity contribution in [3.63, 3.8) is 0 Å². The normalized spacial score (nSPS) is 13.8. The third-order valence-corrected chi connectivity index (χ3v) is 5.90. The maximum Gasteiger partial charge on any atom is 0.263 e. The Morgan fingerprint density at radius 1 is 1.50 bits per heavy atom. The topological polar surface area (TPSA) is 75.6 Å². The van der Waals surface area contributed by atoms with Crippen molar-refractivity contribution in [1.29, 1.82) is 0 Å². The van der Waals surface area contributed by atoms with E-state index in [-0.39, 0.29) is 5.91 Å². The van der Waals surface area contributed by atoms with Crippen molar-refractivity contribution in [3.05, 3.63) is 50.5 Å². The SMILES string of the molecule is Cc1nc(-c2cccc(Cl)c2)sc1C(=O)NCc1n[nH]c(=S)n1C1CC1. The molecule has 0 bridgehead atoms. The number of aromatic nitrogens is 4. The van der Waals surface area contributed by atoms with Crippen LogP contribution in [0.3, 0.4) is 0 Å². The summed E-state index contributed by atoms with van der Waals surface area (Å²) in [5.41, 5.74) is 1.60. The van der Waals surface area contributed by atoms with E-state index in [1.807, 2.05) is 35.8 Å². The number of benzene rings is 1. The van der Waals surface area contributed by atoms with Gasteiger partial charge in [0, 0.05) is 16.6 Å². The molecule has 0 radical (unpaired) electrons. The number of H-pyrrole nitrogens is 1. The minimum absolute atomic E-state index is 0.162. The smallest absolute Gasteiger partial charge is 0.263 e. The van der Waals surface area contributed by atoms with Crippen LogP contribution < -0.4 is 5.32 Å². The van der Waals surface area contributed by atoms with Crippen LogP contribution in [0.4, 0.5) is 0 Å². The molecule has 1 fully saturated rings. The van der Waals surface area contributed by atoms with Gasteiger partial charge in [0.05, 0.1) is 12.2 Å². The van der Waals surface area contributed by atoms with Crippen LogP contribution in [-0.2, 0) is 6.54 Å². The van der Waals surface area contributed by atoms with Crippen LogP contribution in [-0.4, -0.2) is 25.7 Å². The van der Waals surface area contributed by atoms with Crippen LogP contribution in [0.2, 0.25) is 5.02 Å². The number of carbonyl (C=O) groups excluding carboxylic acids is 1. The molecule has 1 amide bonds. The molecule has 1 aromatic carbocycles. The number of hydrogen-bond acceptors (Lipinski definition) is 5. The maximum absolute atomic E-state index is 12.6. The fourth-order valence-corrected chi connectivity index (χ4v) is 4.23. The number of aryl methyl sites for hydroxylation is 1. The van der Waals surface area contributed by atoms with Gasteiger partial charge in [-0.3, -0.25) is 14.5 Å². The Kier molecular flexibility index (Phi) is 4.64. The molecule has 0 saturated heterocycles. The monoisotopic (exact) mass is 405 g/mol. The lowest BCUT2D eigenvalue weighted by Crippen LogP contribution is -2.24. The largest absolute Gasteiger partial charge is 0.344 e. The molecular formula is C17H16ClN5OS2. The number of aromatic amines is 1. The second-order valence-corrected chi connectivity index (χ2v) is 7.99. The number of halogens is 1. The van der Waals surface area contributed by atoms with E-state index in [1.54, 1.807) is 0 Å². The molecule has 1 saturated carbocycles. The summed E-state index contributed by atoms with van der Waals surface area (Å²) in [5.74, 6) is 0.590. The standard InChI is InChI=1S/C17H16ClN5OS2/c1-9-14(26-16(20-9)10-3-2-4-11(18)7-10)15(24)19-8-13-21-22-17(25)23(13)12-5-6-12/h2-4,7,12H,5-6,8H2,1H3,(H,19,24)(H,22,25). The fourth-order valence-electron chi connectivity index (χ4n) is 2.76. The van der Waals surface area contributed by atoms with Crippen molar-refractivity contribution in [2.24, 2.45) is 0 Å². The van der Waals surface area contributed by atoms with Gasteiger partial charge in [-0.2, -0.15) is 5.10 Å². The lowest BCUT2D eigenvalue weighted by Gasteiger charge is -2.06. The summed E-state index contributed by atoms with van der Waals surface area (Å²) in [4.78, 5) is 17.7. The van der Waals surface area contributed by atoms with Gasteiger partial charge < -0.3 is 5.32 Å². The van der Waals surface area contributed by atoms with Crippen LogP contribution in [0.5, 0.6) is 0 Å². The van der Waals surface area contributed by atoms with Gasteiger partial charge in [0.15, 0.2) is 10.6 Å². The van der Waals surface area contributed by atoms with Crippen molar-refractivity contribution in [2.75, 3.05) is 0 Å². The lowest BCUT2D eigenvalue weighted by atomic mass is 10.2. The zero-order valence-corrected chi connectivity index (χ0v) is 16.3. The summed E-state index contributed by atoms with van der Waals surface area (Å²) in [6, 6.07) is 7.86. The molecule has 0 unspecified atom stereocenters. The third kappa shape index (κ3) is 3.44. The summed E-state index contributed by atoms with van der Waals surface area (Å²) < 4.78 is 2.60. The van der Waals surface area contributed by atoms with Crippen molar-refractivity contribution < 1.29 is 4.79 Å². The molecule has 1 aliphatic rings. The van der Waals surface area contributed by atoms with Gasteiger partial charge in [0.25, 0.3) is 5.91 Å². The fraction of sp³-hybridized carbons (Fsp3) is 0.294. The quantitative estimate of drug-likeness (QED) is 0.621. The second-order valence-electron chi connectivity index (χ2n) is 6.17. The first kappa shape index (κ1) is 17.4. The first-order valence-electron chi connectivity index (χ1n) is 8.20. The van der Waals surface area contributed by atoms with E-state index in [0.717, 1.165) is 29.2 Å². The molecule has 9 heteroatoms. The Balaban J connectivity index is 1.51. The predicted octanol–water partition coefficient (Wildman–Crippen LogP) is 4.29. The molecule has 134 valence electrons. The number of nitrogens with zero attached hydrogens (tertiary/aromatic N) is 3. The highest BCUT2D eigenvalue weighted by Gasteiger charge is 2.27. The molecule has 26 heavy (non-hydrogen) atoms. The van der Waals surface area contributed by atoms with Gasteiger partial charge in [-0.1, -0.05) is 23.7 Å². The molecule has 2 N–H and O–H groups in total. The van der Waals surface area contributed by atoms with Crippen LogP contribution in [0.15, 0.2) is 24.3 Å². The Morgan fingerprint density at radius 2 is 2.31 bits per heavy atom. The number of amides is 1. The van der Waals surface area contributed by atoms with Crippen molar-refractivity contribution in [1.82, 2.24) is 25.1 Å². The maximum atomic E-state index is 12.6. The highest BCUT2D eigenvalue weighted by atomic mass is 35.5. The van der Waals surface area contributed by atoms with Crippen molar-refractivity contribution in [2.45, 2.75) is 32.4 Å². The molecule has 0 aliphatic heterocycles. The third-order valence-electron chi connectivity index (χ3n) is 4.17. The summed E-state index contributed by atoms with van der Waals surface area (Å²) in [6.07, 6.45) is 2.21. The zero-order valence-electron chi connectivity index (χ0n) is 14.0. The first-order valence-corrected chi connectivity index (χ1v) is 9.80. The number of hydrogen-bond donors (Lipinski definition) is 2. The average molecular weight is 406 g/mol. The molecule has 2 heterocycles. The molecule has 3 aromatic rings. The number of rotatable bonds is 5. The summed E-state index contributed by atoms with van der Waals surface area (Å²) >= 11 is 12.7. The number of thiazole rings is 1. The van der Waals surface area contributed by atoms with Crippen LogP contribution >= 0.6 is 35.2 Å². The average Bonchev–Trinajstić information content (AvgIpc) is 3.27. The first-order chi connectivity index (χ1) is 12.5. The molecule has 0 spiro atoms. The van der Waals surface area contributed by atoms with Gasteiger partial charge in [0.2, 0.25) is 0 Å². The Labute approximate surface area is 164 Å². The molecular weight excluding hydrogens is 390 g/mol. The molecule has 4 rings (SSSR count). The van der Waals surface area contributed by atoms with Gasteiger partial charge in [-0.15, -0.1) is 11.3 Å². The van der Waals surface area contributed by atoms with E-state index >= 15 is 0 Å². The Bertz CT molecular complexity index is 1030. The van der Waals surface area contributed by atoms with Crippen molar-refractivity contribution >= 4 is 41.1 Å². The van der Waals surface area contributed by atoms with Gasteiger partial charge in [-0.05, 0) is 44.1 Å². The number of nitrogens with one attached hydrogen (secondary N) is 2. The minimum atomic E-state index is -0.162. The van der Waals surface area contributed by atoms with Crippen molar-refractivity contribution in [3.8, 4) is 10.6 Å². The minimum Gasteiger partial charge on any atom is -0.344 e. The van der Waals surface area contributed by atoms with E-state index in [9.17, 15) is 4.79 Å². The predicted molar refractivity (Wildman–Crippen MR) is 104 cm³/mol. The van der Waals surface area contributed by atoms with Gasteiger partial charge in [-0.25, -0.2) is 4.98 Å². The highest BCUT2D eigenvalue weighted by molar-refractivity contribution is 7.71. The lowest BCUT2D eigenvalue weighted by molar-refractivity contribution is 0.0952. The molecule has 2 aromatic heterocycles. The summed E-state index contributed by atoms with van der Waals surface area (Å²) in [6.45, 7) is 2.16. The van der Waals surface area contributed by atoms with E-state index in [0.29, 0.717) is 33.0 Å². The molecule has 1 aliphatic carbocycles. The van der Waals surface area contributed by atoms with E-state index in [2.05, 4.69) is 20.5 Å². The van der Waals surface area contributed by atoms with E-state index in [4.69, 9.17) is 23.8 Å². The Morgan fingerprint density at radius 3 is 3.04 bits per heavy atom. The highest BCUT2D eigenvalue weighted by Crippen LogP contribution is 2.35. The summed E-state index contributed by atoms with van der Waals surface area (Å²) in [7, 11) is 0. The van der Waals surface area contributed by atoms with E-state index < -0.39 is 0 Å². The number of carbonyl (C=O) groups is 1. The zero-order chi connectivity index (χ0) is 18.3. The second kappa shape index (κ2) is 6.94. The van der Waals surface area contributed by atoms with Crippen LogP contribution in [0.1, 0.15) is 40.1 Å². The van der Waals surface area contributed by atoms with Crippen LogP contribution in [0, 0.1) is 11.7 Å². The molecule has 6 nitrogen and oxygen atoms in total. The van der Waals surface area contributed by atoms with Gasteiger partial charge in [0.1, 0.15) is 9.88 Å².